The SMILES string of the molecule is COc1cc(N)ccc1CN(C)CC(C)C. The molecule has 0 amide bonds. The van der Waals surface area contributed by atoms with Crippen molar-refractivity contribution in [3.05, 3.63) is 23.8 Å². The lowest BCUT2D eigenvalue weighted by atomic mass is 10.1. The first-order valence-corrected chi connectivity index (χ1v) is 5.64. The van der Waals surface area contributed by atoms with E-state index in [0.29, 0.717) is 5.92 Å². The van der Waals surface area contributed by atoms with Crippen LogP contribution in [-0.2, 0) is 6.54 Å². The molecule has 0 aliphatic carbocycles. The van der Waals surface area contributed by atoms with E-state index in [1.165, 1.54) is 5.56 Å². The van der Waals surface area contributed by atoms with Crippen LogP contribution in [0.2, 0.25) is 0 Å². The molecule has 0 aromatic heterocycles. The van der Waals surface area contributed by atoms with Crippen LogP contribution < -0.4 is 10.5 Å². The van der Waals surface area contributed by atoms with Gasteiger partial charge in [-0.3, -0.25) is 0 Å². The lowest BCUT2D eigenvalue weighted by Gasteiger charge is -2.20. The van der Waals surface area contributed by atoms with Gasteiger partial charge in [-0.2, -0.15) is 0 Å². The predicted molar refractivity (Wildman–Crippen MR) is 68.6 cm³/mol. The highest BCUT2D eigenvalue weighted by molar-refractivity contribution is 5.48. The van der Waals surface area contributed by atoms with Gasteiger partial charge in [0.2, 0.25) is 0 Å². The number of benzene rings is 1. The van der Waals surface area contributed by atoms with Crippen molar-refractivity contribution in [2.24, 2.45) is 5.92 Å². The van der Waals surface area contributed by atoms with E-state index < -0.39 is 0 Å². The van der Waals surface area contributed by atoms with Crippen LogP contribution in [0.25, 0.3) is 0 Å². The zero-order valence-electron chi connectivity index (χ0n) is 10.7. The number of anilines is 1. The molecule has 0 aliphatic heterocycles. The van der Waals surface area contributed by atoms with Gasteiger partial charge in [0.25, 0.3) is 0 Å². The Morgan fingerprint density at radius 3 is 2.62 bits per heavy atom. The third kappa shape index (κ3) is 3.74. The first kappa shape index (κ1) is 12.8. The van der Waals surface area contributed by atoms with E-state index in [0.717, 1.165) is 24.5 Å². The third-order valence-electron chi connectivity index (χ3n) is 2.43. The van der Waals surface area contributed by atoms with Gasteiger partial charge in [-0.1, -0.05) is 19.9 Å². The van der Waals surface area contributed by atoms with Crippen molar-refractivity contribution in [3.63, 3.8) is 0 Å². The van der Waals surface area contributed by atoms with Crippen molar-refractivity contribution >= 4 is 5.69 Å². The smallest absolute Gasteiger partial charge is 0.125 e. The van der Waals surface area contributed by atoms with Gasteiger partial charge in [-0.15, -0.1) is 0 Å². The van der Waals surface area contributed by atoms with E-state index >= 15 is 0 Å². The van der Waals surface area contributed by atoms with Crippen molar-refractivity contribution in [1.82, 2.24) is 4.90 Å². The van der Waals surface area contributed by atoms with Gasteiger partial charge in [-0.05, 0) is 19.0 Å². The average Bonchev–Trinajstić information content (AvgIpc) is 2.19. The van der Waals surface area contributed by atoms with Crippen LogP contribution >= 0.6 is 0 Å². The summed E-state index contributed by atoms with van der Waals surface area (Å²) in [5.74, 6) is 1.54. The van der Waals surface area contributed by atoms with Crippen molar-refractivity contribution in [2.75, 3.05) is 26.4 Å². The van der Waals surface area contributed by atoms with Crippen molar-refractivity contribution in [1.29, 1.82) is 0 Å². The topological polar surface area (TPSA) is 38.5 Å². The highest BCUT2D eigenvalue weighted by Gasteiger charge is 2.07. The van der Waals surface area contributed by atoms with Crippen LogP contribution in [0.15, 0.2) is 18.2 Å². The Kier molecular flexibility index (Phi) is 4.62. The summed E-state index contributed by atoms with van der Waals surface area (Å²) in [6, 6.07) is 5.82. The summed E-state index contributed by atoms with van der Waals surface area (Å²) in [4.78, 5) is 2.29. The summed E-state index contributed by atoms with van der Waals surface area (Å²) in [6.07, 6.45) is 0. The van der Waals surface area contributed by atoms with Gasteiger partial charge >= 0.3 is 0 Å². The van der Waals surface area contributed by atoms with E-state index in [1.807, 2.05) is 18.2 Å². The van der Waals surface area contributed by atoms with Crippen LogP contribution in [-0.4, -0.2) is 25.6 Å². The molecule has 0 unspecified atom stereocenters. The molecule has 1 aromatic rings. The Balaban J connectivity index is 2.72. The number of hydrogen-bond acceptors (Lipinski definition) is 3. The molecule has 0 saturated carbocycles. The molecule has 3 heteroatoms. The second kappa shape index (κ2) is 5.75. The van der Waals surface area contributed by atoms with Gasteiger partial charge in [0.1, 0.15) is 5.75 Å². The van der Waals surface area contributed by atoms with Crippen LogP contribution in [0.1, 0.15) is 19.4 Å². The molecule has 0 spiro atoms. The predicted octanol–water partition coefficient (Wildman–Crippen LogP) is 2.37. The molecule has 0 saturated heterocycles. The maximum absolute atomic E-state index is 5.72. The fraction of sp³-hybridized carbons (Fsp3) is 0.538. The van der Waals surface area contributed by atoms with Gasteiger partial charge in [-0.25, -0.2) is 0 Å². The number of rotatable bonds is 5. The fourth-order valence-corrected chi connectivity index (χ4v) is 1.87. The second-order valence-electron chi connectivity index (χ2n) is 4.66. The maximum Gasteiger partial charge on any atom is 0.125 e. The molecule has 1 rings (SSSR count). The maximum atomic E-state index is 5.72. The van der Waals surface area contributed by atoms with Crippen LogP contribution in [0, 0.1) is 5.92 Å². The Morgan fingerprint density at radius 1 is 1.38 bits per heavy atom. The first-order chi connectivity index (χ1) is 7.52. The number of methoxy groups -OCH3 is 1. The van der Waals surface area contributed by atoms with E-state index in [1.54, 1.807) is 7.11 Å². The quantitative estimate of drug-likeness (QED) is 0.777. The minimum atomic E-state index is 0.671. The minimum Gasteiger partial charge on any atom is -0.496 e. The molecule has 90 valence electrons. The average molecular weight is 222 g/mol. The van der Waals surface area contributed by atoms with Gasteiger partial charge in [0.05, 0.1) is 7.11 Å². The second-order valence-corrected chi connectivity index (χ2v) is 4.66. The van der Waals surface area contributed by atoms with Crippen molar-refractivity contribution in [3.8, 4) is 5.75 Å². The molecule has 0 fully saturated rings. The van der Waals surface area contributed by atoms with Crippen molar-refractivity contribution < 1.29 is 4.74 Å². The van der Waals surface area contributed by atoms with E-state index in [9.17, 15) is 0 Å². The van der Waals surface area contributed by atoms with Gasteiger partial charge < -0.3 is 15.4 Å². The first-order valence-electron chi connectivity index (χ1n) is 5.64. The van der Waals surface area contributed by atoms with Gasteiger partial charge in [0, 0.05) is 30.4 Å². The fourth-order valence-electron chi connectivity index (χ4n) is 1.87. The van der Waals surface area contributed by atoms with Crippen LogP contribution in [0.5, 0.6) is 5.75 Å². The summed E-state index contributed by atoms with van der Waals surface area (Å²) >= 11 is 0. The standard InChI is InChI=1S/C13H22N2O/c1-10(2)8-15(3)9-11-5-6-12(14)7-13(11)16-4/h5-7,10H,8-9,14H2,1-4H3. The summed E-state index contributed by atoms with van der Waals surface area (Å²) < 4.78 is 5.33. The zero-order valence-corrected chi connectivity index (χ0v) is 10.7. The molecule has 0 atom stereocenters. The number of hydrogen-bond donors (Lipinski definition) is 1. The molecule has 16 heavy (non-hydrogen) atoms. The molecule has 3 nitrogen and oxygen atoms in total. The molecule has 1 aromatic carbocycles. The highest BCUT2D eigenvalue weighted by Crippen LogP contribution is 2.22. The lowest BCUT2D eigenvalue weighted by molar-refractivity contribution is 0.283. The molecular weight excluding hydrogens is 200 g/mol. The Bertz CT molecular complexity index is 337. The summed E-state index contributed by atoms with van der Waals surface area (Å²) in [7, 11) is 3.80. The third-order valence-corrected chi connectivity index (χ3v) is 2.43. The zero-order chi connectivity index (χ0) is 12.1. The summed E-state index contributed by atoms with van der Waals surface area (Å²) in [5, 5.41) is 0. The van der Waals surface area contributed by atoms with E-state index in [4.69, 9.17) is 10.5 Å². The monoisotopic (exact) mass is 222 g/mol. The summed E-state index contributed by atoms with van der Waals surface area (Å²) in [5.41, 5.74) is 7.64. The number of ether oxygens (including phenoxy) is 1. The van der Waals surface area contributed by atoms with E-state index in [2.05, 4.69) is 25.8 Å². The summed E-state index contributed by atoms with van der Waals surface area (Å²) in [6.45, 7) is 6.41. The molecule has 0 aliphatic rings. The Labute approximate surface area is 98.2 Å². The highest BCUT2D eigenvalue weighted by atomic mass is 16.5. The molecular formula is C13H22N2O. The molecule has 0 bridgehead atoms. The van der Waals surface area contributed by atoms with Crippen LogP contribution in [0.4, 0.5) is 5.69 Å². The van der Waals surface area contributed by atoms with Gasteiger partial charge in [0.15, 0.2) is 0 Å². The largest absolute Gasteiger partial charge is 0.496 e. The molecule has 0 radical (unpaired) electrons. The number of nitrogen functional groups attached to an aromatic ring is 1. The number of nitrogens with zero attached hydrogens (tertiary/aromatic N) is 1. The molecule has 0 heterocycles. The number of nitrogens with two attached hydrogens (primary N) is 1. The van der Waals surface area contributed by atoms with Crippen LogP contribution in [0.3, 0.4) is 0 Å². The normalized spacial score (nSPS) is 11.1. The molecule has 2 N–H and O–H groups in total. The minimum absolute atomic E-state index is 0.671. The van der Waals surface area contributed by atoms with E-state index in [-0.39, 0.29) is 0 Å². The van der Waals surface area contributed by atoms with Crippen molar-refractivity contribution in [2.45, 2.75) is 20.4 Å². The Morgan fingerprint density at radius 2 is 2.06 bits per heavy atom. The Hall–Kier alpha value is -1.22. The lowest BCUT2D eigenvalue weighted by Crippen LogP contribution is -2.22.